The molecule has 0 saturated heterocycles. The van der Waals surface area contributed by atoms with Crippen molar-refractivity contribution in [3.8, 4) is 0 Å². The van der Waals surface area contributed by atoms with E-state index in [1.165, 1.54) is 46.0 Å². The lowest BCUT2D eigenvalue weighted by Gasteiger charge is -2.26. The monoisotopic (exact) mass is 534 g/mol. The Bertz CT molecular complexity index is 738. The summed E-state index contributed by atoms with van der Waals surface area (Å²) < 4.78 is 1.27. The van der Waals surface area contributed by atoms with Crippen LogP contribution in [0.3, 0.4) is 0 Å². The van der Waals surface area contributed by atoms with Gasteiger partial charge in [0.1, 0.15) is 23.2 Å². The summed E-state index contributed by atoms with van der Waals surface area (Å²) in [4.78, 5) is 0. The van der Waals surface area contributed by atoms with Gasteiger partial charge in [0.05, 0.1) is 6.16 Å². The Morgan fingerprint density at radius 1 is 0.586 bits per heavy atom. The Morgan fingerprint density at radius 3 is 1.45 bits per heavy atom. The zero-order chi connectivity index (χ0) is 19.5. The van der Waals surface area contributed by atoms with Gasteiger partial charge in [0, 0.05) is 0 Å². The molecular formula is C26H29ClIP. The van der Waals surface area contributed by atoms with Crippen LogP contribution in [0.5, 0.6) is 0 Å². The largest absolute Gasteiger partial charge is 1.00 e. The van der Waals surface area contributed by atoms with E-state index >= 15 is 0 Å². The number of alkyl halides is 1. The van der Waals surface area contributed by atoms with Crippen molar-refractivity contribution >= 4 is 45.8 Å². The van der Waals surface area contributed by atoms with E-state index in [1.807, 2.05) is 0 Å². The van der Waals surface area contributed by atoms with Gasteiger partial charge in [-0.3, -0.25) is 0 Å². The van der Waals surface area contributed by atoms with Gasteiger partial charge in [-0.1, -0.05) is 95.8 Å². The van der Waals surface area contributed by atoms with Crippen molar-refractivity contribution in [2.45, 2.75) is 25.7 Å². The number of allylic oxidation sites excluding steroid dienone is 2. The highest BCUT2D eigenvalue weighted by Gasteiger charge is 2.43. The lowest BCUT2D eigenvalue weighted by Crippen LogP contribution is -3.00. The van der Waals surface area contributed by atoms with Gasteiger partial charge < -0.3 is 12.4 Å². The molecule has 0 N–H and O–H groups in total. The van der Waals surface area contributed by atoms with Crippen molar-refractivity contribution < 1.29 is 12.4 Å². The van der Waals surface area contributed by atoms with Crippen LogP contribution in [0.1, 0.15) is 25.7 Å². The minimum Gasteiger partial charge on any atom is -1.00 e. The topological polar surface area (TPSA) is 0 Å². The van der Waals surface area contributed by atoms with Crippen LogP contribution >= 0.6 is 29.9 Å². The molecule has 0 spiro atoms. The SMILES string of the molecule is ICCCCCC=CC[P+](c1ccccc1)(c1ccccc1)c1ccccc1.[Cl-]. The van der Waals surface area contributed by atoms with Crippen molar-refractivity contribution in [3.05, 3.63) is 103 Å². The second-order valence-corrected chi connectivity index (χ2v) is 11.6. The lowest BCUT2D eigenvalue weighted by molar-refractivity contribution is -0.00000538. The number of hydrogen-bond acceptors (Lipinski definition) is 0. The van der Waals surface area contributed by atoms with E-state index in [0.717, 1.165) is 6.16 Å². The highest BCUT2D eigenvalue weighted by Crippen LogP contribution is 2.55. The molecule has 152 valence electrons. The molecule has 0 aliphatic rings. The fourth-order valence-corrected chi connectivity index (χ4v) is 8.27. The van der Waals surface area contributed by atoms with E-state index in [2.05, 4.69) is 126 Å². The number of unbranched alkanes of at least 4 members (excludes halogenated alkanes) is 3. The Kier molecular flexibility index (Phi) is 11.0. The van der Waals surface area contributed by atoms with Crippen LogP contribution in [0, 0.1) is 0 Å². The molecule has 0 aliphatic carbocycles. The summed E-state index contributed by atoms with van der Waals surface area (Å²) in [5, 5.41) is 4.38. The highest BCUT2D eigenvalue weighted by molar-refractivity contribution is 14.1. The standard InChI is InChI=1S/C26H29IP.ClH/c27-22-14-3-1-2-4-15-23-28(24-16-8-5-9-17-24,25-18-10-6-11-19-25)26-20-12-7-13-21-26;/h4-13,15-21H,1-3,14,22-23H2;1H/q+1;/p-1. The average Bonchev–Trinajstić information content (AvgIpc) is 2.78. The molecule has 0 saturated carbocycles. The smallest absolute Gasteiger partial charge is 0.115 e. The van der Waals surface area contributed by atoms with E-state index in [4.69, 9.17) is 0 Å². The van der Waals surface area contributed by atoms with Crippen molar-refractivity contribution in [1.82, 2.24) is 0 Å². The summed E-state index contributed by atoms with van der Waals surface area (Å²) in [6.45, 7) is 0. The maximum atomic E-state index is 2.47. The Hall–Kier alpha value is -1.15. The minimum atomic E-state index is -1.70. The van der Waals surface area contributed by atoms with E-state index in [1.54, 1.807) is 0 Å². The van der Waals surface area contributed by atoms with Gasteiger partial charge in [0.2, 0.25) is 0 Å². The minimum absolute atomic E-state index is 0. The van der Waals surface area contributed by atoms with Crippen molar-refractivity contribution in [2.75, 3.05) is 10.6 Å². The van der Waals surface area contributed by atoms with Gasteiger partial charge in [-0.2, -0.15) is 0 Å². The molecule has 3 heteroatoms. The predicted molar refractivity (Wildman–Crippen MR) is 137 cm³/mol. The first-order valence-corrected chi connectivity index (χ1v) is 13.6. The van der Waals surface area contributed by atoms with Gasteiger partial charge >= 0.3 is 0 Å². The molecule has 3 aromatic carbocycles. The van der Waals surface area contributed by atoms with Crippen LogP contribution < -0.4 is 28.3 Å². The second-order valence-electron chi connectivity index (χ2n) is 7.01. The van der Waals surface area contributed by atoms with Crippen molar-refractivity contribution in [1.29, 1.82) is 0 Å². The van der Waals surface area contributed by atoms with Gasteiger partial charge in [-0.25, -0.2) is 0 Å². The number of halogens is 2. The second kappa shape index (κ2) is 13.2. The molecule has 0 atom stereocenters. The maximum Gasteiger partial charge on any atom is 0.115 e. The Morgan fingerprint density at radius 2 is 1.03 bits per heavy atom. The van der Waals surface area contributed by atoms with E-state index in [9.17, 15) is 0 Å². The fraction of sp³-hybridized carbons (Fsp3) is 0.231. The number of benzene rings is 3. The molecule has 3 aromatic rings. The summed E-state index contributed by atoms with van der Waals surface area (Å²) in [5.41, 5.74) is 0. The number of rotatable bonds is 10. The Labute approximate surface area is 196 Å². The Balaban J connectivity index is 0.00000300. The molecule has 0 radical (unpaired) electrons. The molecule has 0 unspecified atom stereocenters. The van der Waals surface area contributed by atoms with E-state index in [0.29, 0.717) is 0 Å². The molecule has 0 aromatic heterocycles. The van der Waals surface area contributed by atoms with Gasteiger partial charge in [0.15, 0.2) is 0 Å². The quantitative estimate of drug-likeness (QED) is 0.123. The molecule has 0 nitrogen and oxygen atoms in total. The molecule has 3 rings (SSSR count). The fourth-order valence-electron chi connectivity index (χ4n) is 3.69. The van der Waals surface area contributed by atoms with Crippen LogP contribution in [0.25, 0.3) is 0 Å². The molecule has 0 bridgehead atoms. The van der Waals surface area contributed by atoms with Crippen LogP contribution in [0.15, 0.2) is 103 Å². The third-order valence-corrected chi connectivity index (χ3v) is 10.2. The summed E-state index contributed by atoms with van der Waals surface area (Å²) in [5.74, 6) is 0. The summed E-state index contributed by atoms with van der Waals surface area (Å²) in [6.07, 6.45) is 11.1. The van der Waals surface area contributed by atoms with Crippen LogP contribution in [0.2, 0.25) is 0 Å². The first kappa shape index (κ1) is 24.1. The normalized spacial score (nSPS) is 11.3. The lowest BCUT2D eigenvalue weighted by atomic mass is 10.2. The van der Waals surface area contributed by atoms with Crippen LogP contribution in [-0.2, 0) is 0 Å². The molecule has 0 heterocycles. The zero-order valence-electron chi connectivity index (χ0n) is 16.8. The van der Waals surface area contributed by atoms with Crippen LogP contribution in [-0.4, -0.2) is 10.6 Å². The van der Waals surface area contributed by atoms with Crippen molar-refractivity contribution in [2.24, 2.45) is 0 Å². The summed E-state index contributed by atoms with van der Waals surface area (Å²) in [7, 11) is -1.70. The average molecular weight is 535 g/mol. The summed E-state index contributed by atoms with van der Waals surface area (Å²) >= 11 is 2.47. The molecule has 0 amide bonds. The summed E-state index contributed by atoms with van der Waals surface area (Å²) in [6, 6.07) is 33.4. The number of hydrogen-bond donors (Lipinski definition) is 0. The van der Waals surface area contributed by atoms with Crippen LogP contribution in [0.4, 0.5) is 0 Å². The molecule has 29 heavy (non-hydrogen) atoms. The first-order valence-electron chi connectivity index (χ1n) is 10.1. The predicted octanol–water partition coefficient (Wildman–Crippen LogP) is 3.54. The molecule has 0 fully saturated rings. The highest BCUT2D eigenvalue weighted by atomic mass is 127. The van der Waals surface area contributed by atoms with Gasteiger partial charge in [-0.15, -0.1) is 0 Å². The van der Waals surface area contributed by atoms with Gasteiger partial charge in [-0.05, 0) is 60.1 Å². The zero-order valence-corrected chi connectivity index (χ0v) is 20.6. The molecule has 0 aliphatic heterocycles. The van der Waals surface area contributed by atoms with E-state index < -0.39 is 7.26 Å². The van der Waals surface area contributed by atoms with E-state index in [-0.39, 0.29) is 12.4 Å². The maximum absolute atomic E-state index is 2.47. The van der Waals surface area contributed by atoms with Gasteiger partial charge in [0.25, 0.3) is 0 Å². The third kappa shape index (κ3) is 6.41. The van der Waals surface area contributed by atoms with Crippen molar-refractivity contribution in [3.63, 3.8) is 0 Å². The molecular weight excluding hydrogens is 506 g/mol. The first-order chi connectivity index (χ1) is 13.9. The third-order valence-electron chi connectivity index (χ3n) is 5.14.